The lowest BCUT2D eigenvalue weighted by Crippen LogP contribution is -2.09. The maximum atomic E-state index is 14.0. The van der Waals surface area contributed by atoms with E-state index in [1.165, 1.54) is 6.92 Å². The van der Waals surface area contributed by atoms with Crippen LogP contribution in [0.15, 0.2) is 30.3 Å². The molecule has 0 amide bonds. The summed E-state index contributed by atoms with van der Waals surface area (Å²) in [4.78, 5) is 11.2. The molecule has 0 aliphatic rings. The maximum absolute atomic E-state index is 14.0. The summed E-state index contributed by atoms with van der Waals surface area (Å²) in [5, 5.41) is 9.51. The molecule has 0 saturated heterocycles. The maximum Gasteiger partial charge on any atom is 0.336 e. The van der Waals surface area contributed by atoms with E-state index in [2.05, 4.69) is 0 Å². The molecule has 5 heteroatoms. The predicted octanol–water partition coefficient (Wildman–Crippen LogP) is 4.22. The number of halogens is 3. The zero-order chi connectivity index (χ0) is 14.9. The van der Waals surface area contributed by atoms with E-state index in [-0.39, 0.29) is 23.1 Å². The van der Waals surface area contributed by atoms with Crippen LogP contribution in [-0.4, -0.2) is 11.1 Å². The van der Waals surface area contributed by atoms with Crippen molar-refractivity contribution in [2.24, 2.45) is 0 Å². The number of benzene rings is 2. The van der Waals surface area contributed by atoms with E-state index < -0.39 is 17.6 Å². The highest BCUT2D eigenvalue weighted by atomic mass is 35.5. The molecular formula is C15H11ClF2O2. The Labute approximate surface area is 119 Å². The molecule has 0 radical (unpaired) electrons. The number of hydrogen-bond donors (Lipinski definition) is 1. The first-order valence-corrected chi connectivity index (χ1v) is 6.23. The molecule has 0 bridgehead atoms. The normalized spacial score (nSPS) is 10.6. The summed E-state index contributed by atoms with van der Waals surface area (Å²) in [6.07, 6.45) is -0.0790. The molecule has 2 aromatic rings. The molecule has 0 atom stereocenters. The fraction of sp³-hybridized carbons (Fsp3) is 0.133. The Morgan fingerprint density at radius 2 is 1.90 bits per heavy atom. The van der Waals surface area contributed by atoms with E-state index in [1.54, 1.807) is 24.3 Å². The molecule has 0 saturated carbocycles. The molecule has 0 spiro atoms. The van der Waals surface area contributed by atoms with E-state index in [9.17, 15) is 13.6 Å². The summed E-state index contributed by atoms with van der Waals surface area (Å²) >= 11 is 5.97. The minimum absolute atomic E-state index is 0.0391. The lowest BCUT2D eigenvalue weighted by atomic mass is 9.97. The number of carboxylic acid groups (broad SMARTS) is 1. The van der Waals surface area contributed by atoms with Crippen molar-refractivity contribution in [3.05, 3.63) is 69.2 Å². The van der Waals surface area contributed by atoms with Gasteiger partial charge >= 0.3 is 5.97 Å². The fourth-order valence-corrected chi connectivity index (χ4v) is 2.19. The Hall–Kier alpha value is -1.94. The predicted molar refractivity (Wildman–Crippen MR) is 72.3 cm³/mol. The molecule has 0 unspecified atom stereocenters. The van der Waals surface area contributed by atoms with Crippen LogP contribution < -0.4 is 0 Å². The molecule has 20 heavy (non-hydrogen) atoms. The second-order valence-corrected chi connectivity index (χ2v) is 4.83. The summed E-state index contributed by atoms with van der Waals surface area (Å²) in [5.41, 5.74) is 0.0525. The van der Waals surface area contributed by atoms with Crippen molar-refractivity contribution in [3.63, 3.8) is 0 Å². The van der Waals surface area contributed by atoms with E-state index in [4.69, 9.17) is 16.7 Å². The van der Waals surface area contributed by atoms with Crippen LogP contribution in [0.3, 0.4) is 0 Å². The van der Waals surface area contributed by atoms with Crippen LogP contribution >= 0.6 is 11.6 Å². The highest BCUT2D eigenvalue weighted by Crippen LogP contribution is 2.26. The van der Waals surface area contributed by atoms with Crippen LogP contribution in [-0.2, 0) is 6.42 Å². The molecule has 0 aliphatic heterocycles. The molecule has 0 aliphatic carbocycles. The van der Waals surface area contributed by atoms with Crippen molar-refractivity contribution in [1.82, 2.24) is 0 Å². The highest BCUT2D eigenvalue weighted by Gasteiger charge is 2.21. The van der Waals surface area contributed by atoms with Gasteiger partial charge in [0.1, 0.15) is 0 Å². The number of rotatable bonds is 3. The minimum Gasteiger partial charge on any atom is -0.478 e. The van der Waals surface area contributed by atoms with Crippen molar-refractivity contribution in [2.45, 2.75) is 13.3 Å². The third kappa shape index (κ3) is 2.65. The third-order valence-corrected chi connectivity index (χ3v) is 3.41. The number of aromatic carboxylic acids is 1. The molecule has 0 aromatic heterocycles. The monoisotopic (exact) mass is 296 g/mol. The molecule has 104 valence electrons. The summed E-state index contributed by atoms with van der Waals surface area (Å²) in [6.45, 7) is 1.32. The summed E-state index contributed by atoms with van der Waals surface area (Å²) in [5.74, 6) is -3.46. The van der Waals surface area contributed by atoms with Gasteiger partial charge in [-0.2, -0.15) is 0 Å². The van der Waals surface area contributed by atoms with Crippen molar-refractivity contribution >= 4 is 17.6 Å². The van der Waals surface area contributed by atoms with Gasteiger partial charge in [-0.05, 0) is 30.2 Å². The van der Waals surface area contributed by atoms with E-state index in [0.29, 0.717) is 10.6 Å². The van der Waals surface area contributed by atoms with Gasteiger partial charge in [0.15, 0.2) is 11.6 Å². The summed E-state index contributed by atoms with van der Waals surface area (Å²) < 4.78 is 27.7. The first-order chi connectivity index (χ1) is 9.41. The van der Waals surface area contributed by atoms with Crippen molar-refractivity contribution in [3.8, 4) is 0 Å². The molecule has 2 nitrogen and oxygen atoms in total. The Balaban J connectivity index is 2.59. The van der Waals surface area contributed by atoms with Crippen molar-refractivity contribution < 1.29 is 18.7 Å². The van der Waals surface area contributed by atoms with Crippen LogP contribution in [0.25, 0.3) is 0 Å². The van der Waals surface area contributed by atoms with E-state index >= 15 is 0 Å². The number of hydrogen-bond acceptors (Lipinski definition) is 1. The Morgan fingerprint density at radius 3 is 2.50 bits per heavy atom. The zero-order valence-electron chi connectivity index (χ0n) is 10.6. The number of aryl methyl sites for hydroxylation is 1. The van der Waals surface area contributed by atoms with E-state index in [1.807, 2.05) is 0 Å². The summed E-state index contributed by atoms with van der Waals surface area (Å²) in [6, 6.07) is 7.79. The van der Waals surface area contributed by atoms with Gasteiger partial charge in [0.25, 0.3) is 0 Å². The quantitative estimate of drug-likeness (QED) is 0.921. The number of carbonyl (C=O) groups is 1. The van der Waals surface area contributed by atoms with Crippen LogP contribution in [0.2, 0.25) is 5.02 Å². The van der Waals surface area contributed by atoms with Gasteiger partial charge in [-0.3, -0.25) is 0 Å². The van der Waals surface area contributed by atoms with Gasteiger partial charge in [-0.25, -0.2) is 13.6 Å². The standard InChI is InChI=1S/C15H11ClF2O2/c1-8-6-11(15(19)20)10(14(18)13(8)17)7-9-4-2-3-5-12(9)16/h2-6H,7H2,1H3,(H,19,20). The molecule has 0 fully saturated rings. The molecule has 1 N–H and O–H groups in total. The van der Waals surface area contributed by atoms with Crippen molar-refractivity contribution in [1.29, 1.82) is 0 Å². The van der Waals surface area contributed by atoms with Crippen LogP contribution in [0.1, 0.15) is 27.0 Å². The number of carboxylic acids is 1. The zero-order valence-corrected chi connectivity index (χ0v) is 11.3. The Bertz CT molecular complexity index is 684. The Kier molecular flexibility index (Phi) is 4.04. The van der Waals surface area contributed by atoms with Gasteiger partial charge in [0.05, 0.1) is 5.56 Å². The summed E-state index contributed by atoms with van der Waals surface area (Å²) in [7, 11) is 0. The van der Waals surface area contributed by atoms with Crippen LogP contribution in [0.4, 0.5) is 8.78 Å². The van der Waals surface area contributed by atoms with Gasteiger partial charge in [0, 0.05) is 17.0 Å². The third-order valence-electron chi connectivity index (χ3n) is 3.05. The van der Waals surface area contributed by atoms with Crippen LogP contribution in [0, 0.1) is 18.6 Å². The van der Waals surface area contributed by atoms with Crippen molar-refractivity contribution in [2.75, 3.05) is 0 Å². The minimum atomic E-state index is -1.30. The van der Waals surface area contributed by atoms with Gasteiger partial charge < -0.3 is 5.11 Å². The van der Waals surface area contributed by atoms with Gasteiger partial charge in [0.2, 0.25) is 0 Å². The first-order valence-electron chi connectivity index (χ1n) is 5.86. The second kappa shape index (κ2) is 5.59. The van der Waals surface area contributed by atoms with Gasteiger partial charge in [-0.1, -0.05) is 29.8 Å². The molecule has 0 heterocycles. The topological polar surface area (TPSA) is 37.3 Å². The average molecular weight is 297 g/mol. The second-order valence-electron chi connectivity index (χ2n) is 4.42. The SMILES string of the molecule is Cc1cc(C(=O)O)c(Cc2ccccc2Cl)c(F)c1F. The Morgan fingerprint density at radius 1 is 1.25 bits per heavy atom. The van der Waals surface area contributed by atoms with E-state index in [0.717, 1.165) is 6.07 Å². The van der Waals surface area contributed by atoms with Gasteiger partial charge in [-0.15, -0.1) is 0 Å². The molecular weight excluding hydrogens is 286 g/mol. The average Bonchev–Trinajstić information content (AvgIpc) is 2.41. The van der Waals surface area contributed by atoms with Crippen LogP contribution in [0.5, 0.6) is 0 Å². The molecule has 2 aromatic carbocycles. The largest absolute Gasteiger partial charge is 0.478 e. The fourth-order valence-electron chi connectivity index (χ4n) is 1.99. The lowest BCUT2D eigenvalue weighted by Gasteiger charge is -2.11. The highest BCUT2D eigenvalue weighted by molar-refractivity contribution is 6.31. The molecule has 2 rings (SSSR count). The lowest BCUT2D eigenvalue weighted by molar-refractivity contribution is 0.0695. The first kappa shape index (κ1) is 14.5. The smallest absolute Gasteiger partial charge is 0.336 e.